The van der Waals surface area contributed by atoms with E-state index < -0.39 is 46.1 Å². The Morgan fingerprint density at radius 1 is 1.05 bits per heavy atom. The molecule has 37 heavy (non-hydrogen) atoms. The Morgan fingerprint density at radius 3 is 2.51 bits per heavy atom. The number of amides is 2. The first-order chi connectivity index (χ1) is 19.9. The van der Waals surface area contributed by atoms with E-state index >= 15 is 0 Å². The lowest BCUT2D eigenvalue weighted by Gasteiger charge is -2.16. The predicted octanol–water partition coefficient (Wildman–Crippen LogP) is 3.93. The molecule has 0 spiro atoms. The van der Waals surface area contributed by atoms with E-state index in [1.165, 1.54) is 37.6 Å². The summed E-state index contributed by atoms with van der Waals surface area (Å²) < 4.78 is 78.0. The van der Waals surface area contributed by atoms with Gasteiger partial charge in [-0.1, -0.05) is 12.1 Å². The summed E-state index contributed by atoms with van der Waals surface area (Å²) in [4.78, 5) is 28.8. The summed E-state index contributed by atoms with van der Waals surface area (Å²) in [6.07, 6.45) is 1.28. The van der Waals surface area contributed by atoms with E-state index in [9.17, 15) is 18.0 Å². The van der Waals surface area contributed by atoms with Crippen LogP contribution in [0.15, 0.2) is 76.7 Å². The van der Waals surface area contributed by atoms with Crippen molar-refractivity contribution in [3.8, 4) is 5.75 Å². The van der Waals surface area contributed by atoms with Crippen LogP contribution in [0.5, 0.6) is 5.75 Å². The van der Waals surface area contributed by atoms with Crippen molar-refractivity contribution >= 4 is 43.9 Å². The Labute approximate surface area is 223 Å². The molecule has 190 valence electrons. The fourth-order valence-electron chi connectivity index (χ4n) is 3.83. The Kier molecular flexibility index (Phi) is 5.02. The molecule has 0 saturated heterocycles. The Bertz CT molecular complexity index is 1850. The van der Waals surface area contributed by atoms with Crippen LogP contribution in [0.2, 0.25) is 0 Å². The van der Waals surface area contributed by atoms with Crippen molar-refractivity contribution in [2.45, 2.75) is 16.7 Å². The first kappa shape index (κ1) is 18.8. The van der Waals surface area contributed by atoms with Gasteiger partial charge in [0.15, 0.2) is 0 Å². The average Bonchev–Trinajstić information content (AvgIpc) is 2.91. The molecule has 0 unspecified atom stereocenters. The first-order valence-corrected chi connectivity index (χ1v) is 12.3. The van der Waals surface area contributed by atoms with Crippen LogP contribution in [0.4, 0.5) is 11.4 Å². The number of nitrogens with one attached hydrogen (secondary N) is 1. The third kappa shape index (κ3) is 4.96. The SMILES string of the molecule is [2H]C([2H])([2H])N(C(=O)c1cccc(S(=O)(=O)c2cc(C)c3ncc(C(N)=O)c(Nc4cccc(OC)c4)c3c2)c1)C([2H])([2H])[2H]. The van der Waals surface area contributed by atoms with Crippen molar-refractivity contribution in [2.24, 2.45) is 5.73 Å². The van der Waals surface area contributed by atoms with Crippen molar-refractivity contribution < 1.29 is 31.0 Å². The standard InChI is InChI=1S/C27H26N4O5S/c1-16-11-21(37(34,35)20-10-5-7-17(12-20)27(33)31(2)3)14-22-24(16)29-15-23(26(28)32)25(22)30-18-8-6-9-19(13-18)36-4/h5-15H,1-4H3,(H2,28,32)(H,29,30)/i2D3,3D3. The minimum Gasteiger partial charge on any atom is -0.497 e. The lowest BCUT2D eigenvalue weighted by Crippen LogP contribution is -2.21. The molecule has 1 heterocycles. The summed E-state index contributed by atoms with van der Waals surface area (Å²) in [5.41, 5.74) is 6.68. The number of ether oxygens (including phenoxy) is 1. The smallest absolute Gasteiger partial charge is 0.253 e. The highest BCUT2D eigenvalue weighted by Gasteiger charge is 2.23. The minimum atomic E-state index is -4.38. The summed E-state index contributed by atoms with van der Waals surface area (Å²) in [6.45, 7) is -5.01. The zero-order valence-electron chi connectivity index (χ0n) is 25.8. The molecule has 0 saturated carbocycles. The van der Waals surface area contributed by atoms with E-state index in [1.54, 1.807) is 31.2 Å². The fourth-order valence-corrected chi connectivity index (χ4v) is 5.25. The second-order valence-corrected chi connectivity index (χ2v) is 10.0. The molecule has 1 aromatic heterocycles. The number of nitrogens with two attached hydrogens (primary N) is 1. The maximum atomic E-state index is 13.8. The molecule has 0 aliphatic heterocycles. The number of primary amides is 1. The van der Waals surface area contributed by atoms with Gasteiger partial charge in [0.2, 0.25) is 9.84 Å². The highest BCUT2D eigenvalue weighted by atomic mass is 32.2. The van der Waals surface area contributed by atoms with Crippen LogP contribution >= 0.6 is 0 Å². The highest BCUT2D eigenvalue weighted by Crippen LogP contribution is 2.35. The van der Waals surface area contributed by atoms with E-state index in [4.69, 9.17) is 18.7 Å². The van der Waals surface area contributed by atoms with Gasteiger partial charge in [-0.2, -0.15) is 0 Å². The second kappa shape index (κ2) is 9.90. The van der Waals surface area contributed by atoms with E-state index in [0.717, 1.165) is 12.1 Å². The largest absolute Gasteiger partial charge is 0.497 e. The monoisotopic (exact) mass is 524 g/mol. The number of aryl methyl sites for hydroxylation is 1. The number of benzene rings is 3. The summed E-state index contributed by atoms with van der Waals surface area (Å²) >= 11 is 0. The highest BCUT2D eigenvalue weighted by molar-refractivity contribution is 7.91. The molecule has 0 atom stereocenters. The maximum absolute atomic E-state index is 13.8. The number of hydrogen-bond donors (Lipinski definition) is 2. The number of carbonyl (C=O) groups is 2. The summed E-state index contributed by atoms with van der Waals surface area (Å²) in [7, 11) is -2.89. The number of methoxy groups -OCH3 is 1. The van der Waals surface area contributed by atoms with Gasteiger partial charge >= 0.3 is 0 Å². The van der Waals surface area contributed by atoms with Gasteiger partial charge in [0.05, 0.1) is 33.7 Å². The fraction of sp³-hybridized carbons (Fsp3) is 0.148. The van der Waals surface area contributed by atoms with Gasteiger partial charge in [-0.05, 0) is 55.0 Å². The number of fused-ring (bicyclic) bond motifs is 1. The van der Waals surface area contributed by atoms with Crippen LogP contribution in [-0.4, -0.2) is 51.2 Å². The summed E-state index contributed by atoms with van der Waals surface area (Å²) in [5, 5.41) is 3.36. The van der Waals surface area contributed by atoms with E-state index in [0.29, 0.717) is 22.5 Å². The van der Waals surface area contributed by atoms with Crippen LogP contribution in [0.25, 0.3) is 10.9 Å². The third-order valence-electron chi connectivity index (χ3n) is 5.64. The number of aromatic nitrogens is 1. The van der Waals surface area contributed by atoms with Crippen molar-refractivity contribution in [2.75, 3.05) is 26.4 Å². The Balaban J connectivity index is 1.88. The van der Waals surface area contributed by atoms with E-state index in [1.807, 2.05) is 0 Å². The Morgan fingerprint density at radius 2 is 1.81 bits per heavy atom. The number of anilines is 2. The zero-order chi connectivity index (χ0) is 31.9. The number of nitrogens with zero attached hydrogens (tertiary/aromatic N) is 2. The van der Waals surface area contributed by atoms with Gasteiger partial charge in [-0.3, -0.25) is 14.6 Å². The molecule has 0 fully saturated rings. The quantitative estimate of drug-likeness (QED) is 0.374. The lowest BCUT2D eigenvalue weighted by atomic mass is 10.1. The molecule has 3 aromatic carbocycles. The molecular formula is C27H26N4O5S. The first-order valence-electron chi connectivity index (χ1n) is 13.8. The topological polar surface area (TPSA) is 132 Å². The minimum absolute atomic E-state index is 0.00807. The van der Waals surface area contributed by atoms with Crippen molar-refractivity contribution in [1.82, 2.24) is 9.88 Å². The van der Waals surface area contributed by atoms with E-state index in [2.05, 4.69) is 10.3 Å². The summed E-state index contributed by atoms with van der Waals surface area (Å²) in [6, 6.07) is 13.9. The van der Waals surface area contributed by atoms with Crippen LogP contribution in [0.1, 0.15) is 34.5 Å². The molecule has 3 N–H and O–H groups in total. The zero-order valence-corrected chi connectivity index (χ0v) is 20.6. The molecule has 0 aliphatic carbocycles. The molecule has 10 heteroatoms. The average molecular weight is 525 g/mol. The number of sulfone groups is 1. The molecule has 4 rings (SSSR count). The molecule has 2 amide bonds. The second-order valence-electron chi connectivity index (χ2n) is 8.08. The van der Waals surface area contributed by atoms with Gasteiger partial charge in [-0.25, -0.2) is 8.42 Å². The summed E-state index contributed by atoms with van der Waals surface area (Å²) in [5.74, 6) is -1.69. The number of hydrogen-bond acceptors (Lipinski definition) is 7. The van der Waals surface area contributed by atoms with Crippen molar-refractivity contribution in [3.05, 3.63) is 83.6 Å². The Hall–Kier alpha value is -4.44. The molecule has 0 aliphatic rings. The van der Waals surface area contributed by atoms with Gasteiger partial charge in [-0.15, -0.1) is 0 Å². The third-order valence-corrected chi connectivity index (χ3v) is 7.38. The number of carbonyl (C=O) groups excluding carboxylic acids is 2. The van der Waals surface area contributed by atoms with Gasteiger partial charge in [0.1, 0.15) is 5.75 Å². The van der Waals surface area contributed by atoms with Crippen molar-refractivity contribution in [1.29, 1.82) is 0 Å². The predicted molar refractivity (Wildman–Crippen MR) is 141 cm³/mol. The van der Waals surface area contributed by atoms with Crippen LogP contribution in [0, 0.1) is 6.92 Å². The van der Waals surface area contributed by atoms with Gasteiger partial charge in [0.25, 0.3) is 11.8 Å². The number of rotatable bonds is 7. The van der Waals surface area contributed by atoms with Crippen LogP contribution < -0.4 is 15.8 Å². The van der Waals surface area contributed by atoms with Crippen molar-refractivity contribution in [3.63, 3.8) is 0 Å². The molecule has 0 bridgehead atoms. The molecule has 4 aromatic rings. The van der Waals surface area contributed by atoms with Gasteiger partial charge < -0.3 is 20.7 Å². The van der Waals surface area contributed by atoms with E-state index in [-0.39, 0.29) is 26.4 Å². The van der Waals surface area contributed by atoms with Gasteiger partial charge in [0, 0.05) is 51.1 Å². The van der Waals surface area contributed by atoms with Crippen LogP contribution in [-0.2, 0) is 9.84 Å². The molecular weight excluding hydrogens is 492 g/mol. The molecule has 9 nitrogen and oxygen atoms in total. The normalized spacial score (nSPS) is 14.3. The lowest BCUT2D eigenvalue weighted by molar-refractivity contribution is 0.0827. The number of pyridine rings is 1. The van der Waals surface area contributed by atoms with Crippen LogP contribution in [0.3, 0.4) is 0 Å². The molecule has 0 radical (unpaired) electrons. The maximum Gasteiger partial charge on any atom is 0.253 e.